The van der Waals surface area contributed by atoms with Crippen LogP contribution in [-0.2, 0) is 4.18 Å². The van der Waals surface area contributed by atoms with Gasteiger partial charge < -0.3 is 9.92 Å². The van der Waals surface area contributed by atoms with Crippen molar-refractivity contribution in [2.24, 2.45) is 29.4 Å². The molecule has 0 aromatic rings. The van der Waals surface area contributed by atoms with E-state index in [9.17, 15) is 0 Å². The molecule has 0 bridgehead atoms. The van der Waals surface area contributed by atoms with Gasteiger partial charge in [-0.2, -0.15) is 0 Å². The topological polar surface area (TPSA) is 35.2 Å². The molecule has 3 aliphatic rings. The third kappa shape index (κ3) is 4.42. The lowest BCUT2D eigenvalue weighted by atomic mass is 9.66. The monoisotopic (exact) mass is 325 g/mol. The first-order valence-electron chi connectivity index (χ1n) is 9.71. The fraction of sp³-hybridized carbons (Fsp3) is 1.00. The second kappa shape index (κ2) is 8.39. The van der Waals surface area contributed by atoms with Crippen LogP contribution in [0.2, 0.25) is 0 Å². The van der Waals surface area contributed by atoms with Crippen molar-refractivity contribution in [1.82, 2.24) is 0 Å². The first-order chi connectivity index (χ1) is 10.8. The Bertz CT molecular complexity index is 313. The van der Waals surface area contributed by atoms with E-state index in [1.165, 1.54) is 77.0 Å². The number of nitrogens with two attached hydrogens (primary N) is 1. The molecule has 3 saturated carbocycles. The maximum absolute atomic E-state index is 6.07. The molecule has 3 heteroatoms. The largest absolute Gasteiger partial charge is 0.328 e. The summed E-state index contributed by atoms with van der Waals surface area (Å²) in [4.78, 5) is 0. The van der Waals surface area contributed by atoms with Gasteiger partial charge in [-0.05, 0) is 113 Å². The van der Waals surface area contributed by atoms with E-state index < -0.39 is 0 Å². The van der Waals surface area contributed by atoms with Crippen LogP contribution in [0, 0.1) is 23.7 Å². The molecule has 0 amide bonds. The predicted octanol–water partition coefficient (Wildman–Crippen LogP) is 5.16. The normalized spacial score (nSPS) is 43.9. The maximum Gasteiger partial charge on any atom is 0.0722 e. The smallest absolute Gasteiger partial charge is 0.0722 e. The third-order valence-corrected chi connectivity index (χ3v) is 7.38. The lowest BCUT2D eigenvalue weighted by molar-refractivity contribution is 0.0889. The molecule has 3 rings (SSSR count). The highest BCUT2D eigenvalue weighted by Gasteiger charge is 2.34. The lowest BCUT2D eigenvalue weighted by Gasteiger charge is -2.41. The van der Waals surface area contributed by atoms with Crippen LogP contribution in [0.4, 0.5) is 0 Å². The first-order valence-corrected chi connectivity index (χ1v) is 10.9. The molecule has 0 aromatic heterocycles. The minimum Gasteiger partial charge on any atom is -0.328 e. The van der Waals surface area contributed by atoms with E-state index in [-0.39, 0.29) is 0 Å². The average Bonchev–Trinajstić information content (AvgIpc) is 2.57. The highest BCUT2D eigenvalue weighted by atomic mass is 32.2. The Kier molecular flexibility index (Phi) is 6.52. The second-order valence-corrected chi connectivity index (χ2v) is 8.68. The van der Waals surface area contributed by atoms with Gasteiger partial charge >= 0.3 is 0 Å². The van der Waals surface area contributed by atoms with Crippen LogP contribution in [0.3, 0.4) is 0 Å². The van der Waals surface area contributed by atoms with Gasteiger partial charge in [0, 0.05) is 12.3 Å². The molecule has 0 aromatic carbocycles. The maximum atomic E-state index is 6.07. The molecular formula is C19H35NOS. The van der Waals surface area contributed by atoms with Gasteiger partial charge in [0.1, 0.15) is 0 Å². The van der Waals surface area contributed by atoms with Crippen LogP contribution in [-0.4, -0.2) is 18.4 Å². The molecule has 0 atom stereocenters. The molecule has 0 spiro atoms. The molecular weight excluding hydrogens is 290 g/mol. The van der Waals surface area contributed by atoms with E-state index in [1.54, 1.807) is 12.0 Å². The summed E-state index contributed by atoms with van der Waals surface area (Å²) in [5.41, 5.74) is 6.07. The summed E-state index contributed by atoms with van der Waals surface area (Å²) in [6.45, 7) is 0. The zero-order valence-electron chi connectivity index (χ0n) is 14.3. The molecule has 0 unspecified atom stereocenters. The zero-order chi connectivity index (χ0) is 15.4. The van der Waals surface area contributed by atoms with Gasteiger partial charge in [0.2, 0.25) is 0 Å². The Hall–Kier alpha value is 0.270. The van der Waals surface area contributed by atoms with Gasteiger partial charge in [-0.3, -0.25) is 0 Å². The van der Waals surface area contributed by atoms with Crippen LogP contribution in [0.1, 0.15) is 77.0 Å². The van der Waals surface area contributed by atoms with Gasteiger partial charge in [0.25, 0.3) is 0 Å². The van der Waals surface area contributed by atoms with Gasteiger partial charge in [-0.15, -0.1) is 0 Å². The predicted molar refractivity (Wildman–Crippen MR) is 95.7 cm³/mol. The van der Waals surface area contributed by atoms with Gasteiger partial charge in [0.15, 0.2) is 0 Å². The van der Waals surface area contributed by atoms with Crippen LogP contribution in [0.5, 0.6) is 0 Å². The molecule has 128 valence electrons. The minimum absolute atomic E-state index is 0.506. The number of rotatable bonds is 4. The van der Waals surface area contributed by atoms with Crippen LogP contribution < -0.4 is 5.73 Å². The summed E-state index contributed by atoms with van der Waals surface area (Å²) in [5.74, 6) is 4.06. The van der Waals surface area contributed by atoms with Crippen molar-refractivity contribution < 1.29 is 4.18 Å². The molecule has 0 heterocycles. The number of hydrogen-bond acceptors (Lipinski definition) is 3. The summed E-state index contributed by atoms with van der Waals surface area (Å²) < 4.78 is 5.73. The zero-order valence-corrected chi connectivity index (χ0v) is 15.2. The Morgan fingerprint density at radius 1 is 0.636 bits per heavy atom. The molecule has 2 nitrogen and oxygen atoms in total. The summed E-state index contributed by atoms with van der Waals surface area (Å²) in [6.07, 6.45) is 19.4. The second-order valence-electron chi connectivity index (χ2n) is 8.15. The Morgan fingerprint density at radius 3 is 1.41 bits per heavy atom. The lowest BCUT2D eigenvalue weighted by Crippen LogP contribution is -2.33. The highest BCUT2D eigenvalue weighted by Crippen LogP contribution is 2.44. The minimum atomic E-state index is 0.506. The van der Waals surface area contributed by atoms with Crippen molar-refractivity contribution in [2.75, 3.05) is 6.26 Å². The van der Waals surface area contributed by atoms with E-state index in [2.05, 4.69) is 0 Å². The molecule has 3 fully saturated rings. The average molecular weight is 326 g/mol. The standard InChI is InChI=1S/C19H35NOS/c1-22-21-19-12-8-17(9-13-19)15-4-2-14(3-5-15)16-6-10-18(20)11-7-16/h14-19H,2-13,20H2,1H3. The third-order valence-electron chi connectivity index (χ3n) is 6.92. The highest BCUT2D eigenvalue weighted by molar-refractivity contribution is 7.93. The Balaban J connectivity index is 1.39. The Labute approximate surface area is 141 Å². The quantitative estimate of drug-likeness (QED) is 0.725. The molecule has 0 saturated heterocycles. The fourth-order valence-corrected chi connectivity index (χ4v) is 5.96. The van der Waals surface area contributed by atoms with Crippen molar-refractivity contribution >= 4 is 12.0 Å². The van der Waals surface area contributed by atoms with Crippen molar-refractivity contribution in [2.45, 2.75) is 89.2 Å². The van der Waals surface area contributed by atoms with E-state index in [1.807, 2.05) is 6.26 Å². The van der Waals surface area contributed by atoms with Crippen LogP contribution >= 0.6 is 12.0 Å². The van der Waals surface area contributed by atoms with E-state index in [0.29, 0.717) is 12.1 Å². The summed E-state index contributed by atoms with van der Waals surface area (Å²) in [7, 11) is 0. The summed E-state index contributed by atoms with van der Waals surface area (Å²) in [5, 5.41) is 0. The van der Waals surface area contributed by atoms with Crippen molar-refractivity contribution in [3.8, 4) is 0 Å². The van der Waals surface area contributed by atoms with Gasteiger partial charge in [0.05, 0.1) is 6.10 Å². The fourth-order valence-electron chi connectivity index (χ4n) is 5.50. The van der Waals surface area contributed by atoms with Crippen LogP contribution in [0.25, 0.3) is 0 Å². The van der Waals surface area contributed by atoms with E-state index >= 15 is 0 Å². The molecule has 22 heavy (non-hydrogen) atoms. The summed E-state index contributed by atoms with van der Waals surface area (Å²) in [6, 6.07) is 0.506. The van der Waals surface area contributed by atoms with Crippen molar-refractivity contribution in [3.63, 3.8) is 0 Å². The van der Waals surface area contributed by atoms with Gasteiger partial charge in [-0.25, -0.2) is 0 Å². The summed E-state index contributed by atoms with van der Waals surface area (Å²) >= 11 is 1.55. The number of hydrogen-bond donors (Lipinski definition) is 1. The van der Waals surface area contributed by atoms with E-state index in [4.69, 9.17) is 9.92 Å². The SMILES string of the molecule is CSOC1CCC(C2CCC(C3CCC(N)CC3)CC2)CC1. The molecule has 0 aliphatic heterocycles. The molecule has 3 aliphatic carbocycles. The molecule has 0 radical (unpaired) electrons. The van der Waals surface area contributed by atoms with Gasteiger partial charge in [-0.1, -0.05) is 0 Å². The van der Waals surface area contributed by atoms with Crippen molar-refractivity contribution in [1.29, 1.82) is 0 Å². The molecule has 2 N–H and O–H groups in total. The first kappa shape index (κ1) is 17.1. The van der Waals surface area contributed by atoms with Crippen molar-refractivity contribution in [3.05, 3.63) is 0 Å². The Morgan fingerprint density at radius 2 is 1.00 bits per heavy atom. The van der Waals surface area contributed by atoms with Crippen LogP contribution in [0.15, 0.2) is 0 Å². The van der Waals surface area contributed by atoms with E-state index in [0.717, 1.165) is 23.7 Å².